The summed E-state index contributed by atoms with van der Waals surface area (Å²) in [5, 5.41) is 13.9. The Morgan fingerprint density at radius 2 is 2.09 bits per heavy atom. The van der Waals surface area contributed by atoms with Gasteiger partial charge in [-0.3, -0.25) is 0 Å². The molecule has 1 aromatic heterocycles. The van der Waals surface area contributed by atoms with Crippen LogP contribution in [0.15, 0.2) is 18.3 Å². The van der Waals surface area contributed by atoms with E-state index in [1.807, 2.05) is 25.7 Å². The van der Waals surface area contributed by atoms with E-state index < -0.39 is 16.6 Å². The largest absolute Gasteiger partial charge is 0.444 e. The van der Waals surface area contributed by atoms with Crippen molar-refractivity contribution in [3.63, 3.8) is 0 Å². The zero-order valence-corrected chi connectivity index (χ0v) is 13.6. The molecule has 2 rings (SSSR count). The number of carbonyl (C=O) groups is 1. The van der Waals surface area contributed by atoms with Crippen molar-refractivity contribution in [3.05, 3.63) is 28.4 Å². The minimum absolute atomic E-state index is 0.0110. The summed E-state index contributed by atoms with van der Waals surface area (Å²) in [6.45, 7) is 6.68. The van der Waals surface area contributed by atoms with Crippen molar-refractivity contribution in [3.8, 4) is 0 Å². The van der Waals surface area contributed by atoms with Gasteiger partial charge in [-0.1, -0.05) is 0 Å². The summed E-state index contributed by atoms with van der Waals surface area (Å²) >= 11 is 0. The molecule has 0 spiro atoms. The van der Waals surface area contributed by atoms with E-state index in [1.165, 1.54) is 6.20 Å². The summed E-state index contributed by atoms with van der Waals surface area (Å²) in [6, 6.07) is 3.40. The lowest BCUT2D eigenvalue weighted by Crippen LogP contribution is -2.46. The first-order valence-corrected chi connectivity index (χ1v) is 7.60. The molecule has 126 valence electrons. The van der Waals surface area contributed by atoms with Crippen LogP contribution in [-0.4, -0.2) is 40.7 Å². The molecule has 1 aromatic rings. The van der Waals surface area contributed by atoms with Crippen molar-refractivity contribution < 1.29 is 14.5 Å². The van der Waals surface area contributed by atoms with Gasteiger partial charge in [0.15, 0.2) is 0 Å². The smallest absolute Gasteiger partial charge is 0.407 e. The van der Waals surface area contributed by atoms with Gasteiger partial charge < -0.3 is 25.1 Å². The van der Waals surface area contributed by atoms with Crippen LogP contribution in [0, 0.1) is 10.1 Å². The molecule has 0 saturated carbocycles. The van der Waals surface area contributed by atoms with E-state index in [0.717, 1.165) is 0 Å². The molecule has 1 aliphatic heterocycles. The van der Waals surface area contributed by atoms with Gasteiger partial charge in [0.2, 0.25) is 0 Å². The quantitative estimate of drug-likeness (QED) is 0.678. The second-order valence-electron chi connectivity index (χ2n) is 6.51. The Bertz CT molecular complexity index is 577. The molecule has 23 heavy (non-hydrogen) atoms. The van der Waals surface area contributed by atoms with Crippen molar-refractivity contribution in [2.45, 2.75) is 45.3 Å². The van der Waals surface area contributed by atoms with Crippen LogP contribution in [-0.2, 0) is 4.74 Å². The van der Waals surface area contributed by atoms with Crippen LogP contribution in [0.2, 0.25) is 0 Å². The minimum atomic E-state index is -0.527. The fourth-order valence-corrected chi connectivity index (χ4v) is 2.51. The van der Waals surface area contributed by atoms with Gasteiger partial charge >= 0.3 is 11.9 Å². The molecule has 8 heteroatoms. The lowest BCUT2D eigenvalue weighted by molar-refractivity contribution is -0.388. The first-order valence-electron chi connectivity index (χ1n) is 7.60. The highest BCUT2D eigenvalue weighted by Crippen LogP contribution is 2.27. The molecule has 0 aliphatic carbocycles. The average molecular weight is 322 g/mol. The zero-order chi connectivity index (χ0) is 17.0. The second kappa shape index (κ2) is 6.80. The average Bonchev–Trinajstić information content (AvgIpc) is 2.46. The van der Waals surface area contributed by atoms with Crippen molar-refractivity contribution in [1.82, 2.24) is 10.3 Å². The third-order valence-corrected chi connectivity index (χ3v) is 3.50. The Labute approximate surface area is 135 Å². The fraction of sp³-hybridized carbons (Fsp3) is 0.600. The van der Waals surface area contributed by atoms with E-state index in [0.29, 0.717) is 31.6 Å². The summed E-state index contributed by atoms with van der Waals surface area (Å²) in [6.07, 6.45) is 2.39. The van der Waals surface area contributed by atoms with E-state index in [-0.39, 0.29) is 11.9 Å². The highest BCUT2D eigenvalue weighted by Gasteiger charge is 2.27. The van der Waals surface area contributed by atoms with Gasteiger partial charge in [-0.2, -0.15) is 0 Å². The van der Waals surface area contributed by atoms with Crippen LogP contribution >= 0.6 is 0 Å². The fourth-order valence-electron chi connectivity index (χ4n) is 2.51. The predicted molar refractivity (Wildman–Crippen MR) is 85.5 cm³/mol. The molecule has 1 N–H and O–H groups in total. The standard InChI is InChI=1S/C15H22N4O4/c1-15(2,3)23-14(20)17-11-6-9-18(10-7-11)12-5-4-8-16-13(12)19(21)22/h4-5,8,11H,6-7,9-10H2,1-3H3,(H,17,20). The Morgan fingerprint density at radius 1 is 1.43 bits per heavy atom. The van der Waals surface area contributed by atoms with Gasteiger partial charge in [-0.15, -0.1) is 0 Å². The summed E-state index contributed by atoms with van der Waals surface area (Å²) in [5.74, 6) is -0.133. The number of hydrogen-bond acceptors (Lipinski definition) is 6. The monoisotopic (exact) mass is 322 g/mol. The van der Waals surface area contributed by atoms with Crippen LogP contribution in [0.25, 0.3) is 0 Å². The molecular weight excluding hydrogens is 300 g/mol. The number of alkyl carbamates (subject to hydrolysis) is 1. The highest BCUT2D eigenvalue weighted by molar-refractivity contribution is 5.68. The summed E-state index contributed by atoms with van der Waals surface area (Å²) in [7, 11) is 0. The van der Waals surface area contributed by atoms with Crippen molar-refractivity contribution >= 4 is 17.6 Å². The Hall–Kier alpha value is -2.38. The first kappa shape index (κ1) is 17.0. The van der Waals surface area contributed by atoms with Gasteiger partial charge in [0.25, 0.3) is 0 Å². The number of amides is 1. The number of pyridine rings is 1. The Morgan fingerprint density at radius 3 is 2.65 bits per heavy atom. The summed E-state index contributed by atoms with van der Waals surface area (Å²) < 4.78 is 5.24. The predicted octanol–water partition coefficient (Wildman–Crippen LogP) is 2.48. The number of nitrogens with one attached hydrogen (secondary N) is 1. The van der Waals surface area contributed by atoms with Gasteiger partial charge in [-0.05, 0) is 55.7 Å². The topological polar surface area (TPSA) is 97.6 Å². The molecule has 1 fully saturated rings. The molecular formula is C15H22N4O4. The number of hydrogen-bond donors (Lipinski definition) is 1. The number of rotatable bonds is 3. The maximum atomic E-state index is 11.8. The van der Waals surface area contributed by atoms with Gasteiger partial charge in [0.1, 0.15) is 17.5 Å². The molecule has 0 unspecified atom stereocenters. The van der Waals surface area contributed by atoms with E-state index in [1.54, 1.807) is 12.1 Å². The highest BCUT2D eigenvalue weighted by atomic mass is 16.6. The molecule has 0 atom stereocenters. The Kier molecular flexibility index (Phi) is 5.02. The van der Waals surface area contributed by atoms with Gasteiger partial charge in [-0.25, -0.2) is 4.79 Å². The van der Waals surface area contributed by atoms with Crippen LogP contribution in [0.4, 0.5) is 16.3 Å². The van der Waals surface area contributed by atoms with Crippen LogP contribution < -0.4 is 10.2 Å². The third kappa shape index (κ3) is 4.80. The van der Waals surface area contributed by atoms with E-state index in [2.05, 4.69) is 10.3 Å². The zero-order valence-electron chi connectivity index (χ0n) is 13.6. The van der Waals surface area contributed by atoms with Crippen LogP contribution in [0.1, 0.15) is 33.6 Å². The summed E-state index contributed by atoms with van der Waals surface area (Å²) in [4.78, 5) is 28.1. The third-order valence-electron chi connectivity index (χ3n) is 3.50. The van der Waals surface area contributed by atoms with Crippen molar-refractivity contribution in [1.29, 1.82) is 0 Å². The van der Waals surface area contributed by atoms with Crippen LogP contribution in [0.5, 0.6) is 0 Å². The van der Waals surface area contributed by atoms with E-state index >= 15 is 0 Å². The lowest BCUT2D eigenvalue weighted by Gasteiger charge is -2.33. The van der Waals surface area contributed by atoms with Gasteiger partial charge in [0.05, 0.1) is 0 Å². The lowest BCUT2D eigenvalue weighted by atomic mass is 10.0. The number of ether oxygens (including phenoxy) is 1. The molecule has 0 radical (unpaired) electrons. The van der Waals surface area contributed by atoms with Crippen molar-refractivity contribution in [2.24, 2.45) is 0 Å². The normalized spacial score (nSPS) is 16.0. The second-order valence-corrected chi connectivity index (χ2v) is 6.51. The van der Waals surface area contributed by atoms with Crippen molar-refractivity contribution in [2.75, 3.05) is 18.0 Å². The molecule has 1 aliphatic rings. The van der Waals surface area contributed by atoms with Crippen LogP contribution in [0.3, 0.4) is 0 Å². The van der Waals surface area contributed by atoms with Gasteiger partial charge in [0, 0.05) is 19.1 Å². The Balaban J connectivity index is 1.92. The molecule has 8 nitrogen and oxygen atoms in total. The molecule has 1 amide bonds. The SMILES string of the molecule is CC(C)(C)OC(=O)NC1CCN(c2cccnc2[N+](=O)[O-])CC1. The first-order chi connectivity index (χ1) is 10.8. The number of nitrogens with zero attached hydrogens (tertiary/aromatic N) is 3. The summed E-state index contributed by atoms with van der Waals surface area (Å²) in [5.41, 5.74) is -0.00518. The van der Waals surface area contributed by atoms with E-state index in [9.17, 15) is 14.9 Å². The van der Waals surface area contributed by atoms with E-state index in [4.69, 9.17) is 4.74 Å². The number of aromatic nitrogens is 1. The minimum Gasteiger partial charge on any atom is -0.444 e. The number of anilines is 1. The number of piperidine rings is 1. The molecule has 2 heterocycles. The number of carbonyl (C=O) groups excluding carboxylic acids is 1. The maximum Gasteiger partial charge on any atom is 0.407 e. The molecule has 1 saturated heterocycles. The molecule has 0 aromatic carbocycles. The number of nitro groups is 1. The maximum absolute atomic E-state index is 11.8. The molecule has 0 bridgehead atoms.